The average Bonchev–Trinajstić information content (AvgIpc) is 3.39. The average molecular weight is 504 g/mol. The molecular weight excluding hydrogens is 466 g/mol. The van der Waals surface area contributed by atoms with Crippen molar-refractivity contribution in [3.05, 3.63) is 82.9 Å². The summed E-state index contributed by atoms with van der Waals surface area (Å²) >= 11 is 5.92. The number of nitrogens with one attached hydrogen (secondary N) is 1. The van der Waals surface area contributed by atoms with Crippen LogP contribution in [0.1, 0.15) is 53.6 Å². The maximum absolute atomic E-state index is 5.92. The zero-order valence-electron chi connectivity index (χ0n) is 21.6. The number of aryl methyl sites for hydroxylation is 2. The van der Waals surface area contributed by atoms with Crippen LogP contribution in [-0.4, -0.2) is 63.9 Å². The second-order valence-electron chi connectivity index (χ2n) is 9.81. The summed E-state index contributed by atoms with van der Waals surface area (Å²) in [5.41, 5.74) is 7.38. The molecule has 1 N–H and O–H groups in total. The molecule has 0 amide bonds. The monoisotopic (exact) mass is 503 g/mol. The summed E-state index contributed by atoms with van der Waals surface area (Å²) in [7, 11) is 0. The van der Waals surface area contributed by atoms with Gasteiger partial charge in [-0.25, -0.2) is 0 Å². The van der Waals surface area contributed by atoms with Crippen LogP contribution >= 0.6 is 12.2 Å². The van der Waals surface area contributed by atoms with Gasteiger partial charge in [-0.15, -0.1) is 0 Å². The molecule has 2 unspecified atom stereocenters. The molecule has 0 spiro atoms. The van der Waals surface area contributed by atoms with Crippen LogP contribution in [0.3, 0.4) is 0 Å². The number of hydrogen-bond donors (Lipinski definition) is 1. The number of nitrogens with zero attached hydrogens (tertiary/aromatic N) is 4. The lowest BCUT2D eigenvalue weighted by Gasteiger charge is -2.30. The molecular formula is C29H37N5OS. The van der Waals surface area contributed by atoms with Gasteiger partial charge in [-0.2, -0.15) is 0 Å². The molecule has 2 saturated heterocycles. The van der Waals surface area contributed by atoms with Crippen molar-refractivity contribution in [2.45, 2.75) is 45.7 Å². The quantitative estimate of drug-likeness (QED) is 0.448. The molecule has 2 aromatic heterocycles. The van der Waals surface area contributed by atoms with E-state index >= 15 is 0 Å². The number of ether oxygens (including phenoxy) is 1. The van der Waals surface area contributed by atoms with Gasteiger partial charge in [-0.1, -0.05) is 25.1 Å². The number of aromatic nitrogens is 2. The number of pyridine rings is 1. The van der Waals surface area contributed by atoms with Crippen molar-refractivity contribution >= 4 is 17.3 Å². The summed E-state index contributed by atoms with van der Waals surface area (Å²) in [6.45, 7) is 12.3. The molecule has 0 radical (unpaired) electrons. The summed E-state index contributed by atoms with van der Waals surface area (Å²) in [4.78, 5) is 9.60. The predicted octanol–water partition coefficient (Wildman–Crippen LogP) is 4.75. The maximum Gasteiger partial charge on any atom is 0.170 e. The van der Waals surface area contributed by atoms with Crippen molar-refractivity contribution in [2.75, 3.05) is 39.4 Å². The minimum atomic E-state index is 0.0125. The smallest absolute Gasteiger partial charge is 0.170 e. The molecule has 3 aromatic rings. The molecule has 7 heteroatoms. The number of thiocarbonyl (C=S) groups is 1. The highest BCUT2D eigenvalue weighted by atomic mass is 32.1. The third-order valence-corrected chi connectivity index (χ3v) is 7.92. The Bertz CT molecular complexity index is 1170. The Balaban J connectivity index is 1.46. The van der Waals surface area contributed by atoms with Gasteiger partial charge in [0.25, 0.3) is 0 Å². The Hall–Kier alpha value is -2.74. The van der Waals surface area contributed by atoms with E-state index in [1.165, 1.54) is 28.2 Å². The van der Waals surface area contributed by atoms with Gasteiger partial charge in [0, 0.05) is 49.5 Å². The topological polar surface area (TPSA) is 45.6 Å². The first-order valence-electron chi connectivity index (χ1n) is 13.1. The van der Waals surface area contributed by atoms with E-state index in [2.05, 4.69) is 82.9 Å². The normalized spacial score (nSPS) is 20.6. The van der Waals surface area contributed by atoms with Crippen molar-refractivity contribution in [3.8, 4) is 5.69 Å². The second kappa shape index (κ2) is 11.1. The van der Waals surface area contributed by atoms with E-state index in [-0.39, 0.29) is 12.1 Å². The Kier molecular flexibility index (Phi) is 7.70. The van der Waals surface area contributed by atoms with Crippen molar-refractivity contribution in [3.63, 3.8) is 0 Å². The lowest BCUT2D eigenvalue weighted by atomic mass is 9.96. The second-order valence-corrected chi connectivity index (χ2v) is 10.2. The molecule has 1 aromatic carbocycles. The zero-order valence-corrected chi connectivity index (χ0v) is 22.4. The van der Waals surface area contributed by atoms with Crippen LogP contribution in [0.25, 0.3) is 5.69 Å². The van der Waals surface area contributed by atoms with Crippen LogP contribution in [-0.2, 0) is 11.2 Å². The van der Waals surface area contributed by atoms with E-state index in [4.69, 9.17) is 21.9 Å². The first kappa shape index (κ1) is 24.9. The van der Waals surface area contributed by atoms with E-state index in [0.29, 0.717) is 0 Å². The summed E-state index contributed by atoms with van der Waals surface area (Å²) in [6.07, 6.45) is 3.98. The zero-order chi connectivity index (χ0) is 25.1. The standard InChI is InChI=1S/C29H37N5OS/c1-4-23-9-11-24(12-10-23)34-21(2)20-25(22(34)3)28-27(26-8-5-6-13-30-26)31-29(36)33(28)15-7-14-32-16-18-35-19-17-32/h5-6,8-13,20,27-28H,4,7,14-19H2,1-3H3,(H,31,36). The van der Waals surface area contributed by atoms with Crippen LogP contribution < -0.4 is 5.32 Å². The summed E-state index contributed by atoms with van der Waals surface area (Å²) in [6, 6.07) is 17.5. The van der Waals surface area contributed by atoms with Crippen LogP contribution in [0, 0.1) is 13.8 Å². The van der Waals surface area contributed by atoms with E-state index in [0.717, 1.165) is 63.0 Å². The number of hydrogen-bond acceptors (Lipinski definition) is 4. The molecule has 0 saturated carbocycles. The fourth-order valence-corrected chi connectivity index (χ4v) is 5.97. The molecule has 2 atom stereocenters. The largest absolute Gasteiger partial charge is 0.379 e. The van der Waals surface area contributed by atoms with Gasteiger partial charge in [0.1, 0.15) is 0 Å². The van der Waals surface area contributed by atoms with E-state index < -0.39 is 0 Å². The van der Waals surface area contributed by atoms with Crippen LogP contribution in [0.15, 0.2) is 54.7 Å². The van der Waals surface area contributed by atoms with Gasteiger partial charge < -0.3 is 19.5 Å². The summed E-state index contributed by atoms with van der Waals surface area (Å²) in [5.74, 6) is 0. The SMILES string of the molecule is CCc1ccc(-n2c(C)cc(C3C(c4ccccn4)NC(=S)N3CCCN3CCOCC3)c2C)cc1. The molecule has 5 rings (SSSR count). The van der Waals surface area contributed by atoms with Crippen molar-refractivity contribution in [1.29, 1.82) is 0 Å². The molecule has 2 aliphatic heterocycles. The van der Waals surface area contributed by atoms with Crippen molar-refractivity contribution in [1.82, 2.24) is 24.7 Å². The van der Waals surface area contributed by atoms with Gasteiger partial charge in [0.2, 0.25) is 0 Å². The number of rotatable bonds is 8. The molecule has 2 fully saturated rings. The predicted molar refractivity (Wildman–Crippen MR) is 149 cm³/mol. The van der Waals surface area contributed by atoms with E-state index in [9.17, 15) is 0 Å². The maximum atomic E-state index is 5.92. The van der Waals surface area contributed by atoms with Crippen molar-refractivity contribution in [2.24, 2.45) is 0 Å². The summed E-state index contributed by atoms with van der Waals surface area (Å²) in [5, 5.41) is 4.43. The lowest BCUT2D eigenvalue weighted by Crippen LogP contribution is -2.39. The Morgan fingerprint density at radius 2 is 1.83 bits per heavy atom. The lowest BCUT2D eigenvalue weighted by molar-refractivity contribution is 0.0365. The first-order valence-corrected chi connectivity index (χ1v) is 13.5. The van der Waals surface area contributed by atoms with E-state index in [1.807, 2.05) is 12.3 Å². The minimum Gasteiger partial charge on any atom is -0.379 e. The summed E-state index contributed by atoms with van der Waals surface area (Å²) < 4.78 is 7.89. The van der Waals surface area contributed by atoms with Gasteiger partial charge in [0.15, 0.2) is 5.11 Å². The first-order chi connectivity index (χ1) is 17.6. The molecule has 6 nitrogen and oxygen atoms in total. The van der Waals surface area contributed by atoms with Crippen LogP contribution in [0.2, 0.25) is 0 Å². The molecule has 0 bridgehead atoms. The fraction of sp³-hybridized carbons (Fsp3) is 0.448. The Labute approximate surface area is 220 Å². The van der Waals surface area contributed by atoms with Crippen molar-refractivity contribution < 1.29 is 4.74 Å². The molecule has 36 heavy (non-hydrogen) atoms. The van der Waals surface area contributed by atoms with Crippen LogP contribution in [0.4, 0.5) is 0 Å². The number of morpholine rings is 1. The minimum absolute atomic E-state index is 0.0125. The van der Waals surface area contributed by atoms with Crippen LogP contribution in [0.5, 0.6) is 0 Å². The fourth-order valence-electron chi connectivity index (χ4n) is 5.64. The van der Waals surface area contributed by atoms with Gasteiger partial charge in [-0.05, 0) is 80.4 Å². The third-order valence-electron chi connectivity index (χ3n) is 7.57. The molecule has 0 aliphatic carbocycles. The molecule has 2 aliphatic rings. The van der Waals surface area contributed by atoms with Gasteiger partial charge in [0.05, 0.1) is 31.0 Å². The Morgan fingerprint density at radius 3 is 2.53 bits per heavy atom. The van der Waals surface area contributed by atoms with Gasteiger partial charge >= 0.3 is 0 Å². The highest BCUT2D eigenvalue weighted by Crippen LogP contribution is 2.41. The van der Waals surface area contributed by atoms with E-state index in [1.54, 1.807) is 0 Å². The highest BCUT2D eigenvalue weighted by molar-refractivity contribution is 7.80. The Morgan fingerprint density at radius 1 is 1.06 bits per heavy atom. The van der Waals surface area contributed by atoms with Gasteiger partial charge in [-0.3, -0.25) is 9.88 Å². The number of benzene rings is 1. The molecule has 190 valence electrons. The highest BCUT2D eigenvalue weighted by Gasteiger charge is 2.41. The third kappa shape index (κ3) is 5.05. The molecule has 4 heterocycles.